The van der Waals surface area contributed by atoms with Crippen LogP contribution in [0.25, 0.3) is 0 Å². The molecule has 1 aliphatic heterocycles. The van der Waals surface area contributed by atoms with Crippen LogP contribution in [0.3, 0.4) is 0 Å². The number of hydrogen-bond donors (Lipinski definition) is 0. The van der Waals surface area contributed by atoms with Gasteiger partial charge in [-0.25, -0.2) is 9.59 Å². The van der Waals surface area contributed by atoms with Gasteiger partial charge in [0.05, 0.1) is 17.0 Å². The molecule has 146 valence electrons. The SMILES string of the molecule is C[C@H]1CN(C(=O)OCc2ccccc2)C[C@H]1OC(=O)c1ccc([N+](=O)[O-])cc1. The van der Waals surface area contributed by atoms with Gasteiger partial charge in [-0.1, -0.05) is 37.3 Å². The van der Waals surface area contributed by atoms with Crippen molar-refractivity contribution in [2.45, 2.75) is 19.6 Å². The van der Waals surface area contributed by atoms with Gasteiger partial charge < -0.3 is 14.4 Å². The van der Waals surface area contributed by atoms with Crippen LogP contribution in [0, 0.1) is 16.0 Å². The second-order valence-corrected chi connectivity index (χ2v) is 6.67. The van der Waals surface area contributed by atoms with Crippen molar-refractivity contribution in [3.05, 3.63) is 75.8 Å². The molecule has 0 N–H and O–H groups in total. The maximum Gasteiger partial charge on any atom is 0.410 e. The Kier molecular flexibility index (Phi) is 5.88. The van der Waals surface area contributed by atoms with E-state index in [1.54, 1.807) is 0 Å². The summed E-state index contributed by atoms with van der Waals surface area (Å²) in [5, 5.41) is 10.7. The summed E-state index contributed by atoms with van der Waals surface area (Å²) in [4.78, 5) is 36.2. The van der Waals surface area contributed by atoms with Crippen molar-refractivity contribution in [3.63, 3.8) is 0 Å². The lowest BCUT2D eigenvalue weighted by Crippen LogP contribution is -2.31. The molecule has 2 aromatic carbocycles. The van der Waals surface area contributed by atoms with E-state index in [1.165, 1.54) is 29.2 Å². The molecule has 1 aliphatic rings. The van der Waals surface area contributed by atoms with Crippen LogP contribution in [0.15, 0.2) is 54.6 Å². The Morgan fingerprint density at radius 3 is 2.43 bits per heavy atom. The Labute approximate surface area is 161 Å². The van der Waals surface area contributed by atoms with Gasteiger partial charge in [0.2, 0.25) is 0 Å². The summed E-state index contributed by atoms with van der Waals surface area (Å²) >= 11 is 0. The number of nitrogens with zero attached hydrogens (tertiary/aromatic N) is 2. The lowest BCUT2D eigenvalue weighted by atomic mass is 10.1. The normalized spacial score (nSPS) is 18.5. The number of likely N-dealkylation sites (tertiary alicyclic amines) is 1. The highest BCUT2D eigenvalue weighted by Crippen LogP contribution is 2.22. The minimum absolute atomic E-state index is 0.0497. The number of carbonyl (C=O) groups excluding carboxylic acids is 2. The highest BCUT2D eigenvalue weighted by molar-refractivity contribution is 5.89. The third-order valence-corrected chi connectivity index (χ3v) is 4.58. The average Bonchev–Trinajstić information content (AvgIpc) is 3.07. The highest BCUT2D eigenvalue weighted by Gasteiger charge is 2.36. The Morgan fingerprint density at radius 1 is 1.11 bits per heavy atom. The number of rotatable bonds is 5. The molecule has 3 rings (SSSR count). The molecule has 0 aromatic heterocycles. The van der Waals surface area contributed by atoms with E-state index in [4.69, 9.17) is 9.47 Å². The first kappa shape index (κ1) is 19.3. The molecule has 8 heteroatoms. The Hall–Kier alpha value is -3.42. The van der Waals surface area contributed by atoms with Gasteiger partial charge in [0.15, 0.2) is 0 Å². The molecule has 0 unspecified atom stereocenters. The zero-order chi connectivity index (χ0) is 20.1. The van der Waals surface area contributed by atoms with Gasteiger partial charge >= 0.3 is 12.1 Å². The van der Waals surface area contributed by atoms with Gasteiger partial charge in [-0.05, 0) is 17.7 Å². The van der Waals surface area contributed by atoms with Crippen LogP contribution in [-0.4, -0.2) is 41.1 Å². The number of esters is 1. The van der Waals surface area contributed by atoms with Crippen molar-refractivity contribution in [2.24, 2.45) is 5.92 Å². The lowest BCUT2D eigenvalue weighted by molar-refractivity contribution is -0.384. The van der Waals surface area contributed by atoms with Crippen LogP contribution in [0.2, 0.25) is 0 Å². The Bertz CT molecular complexity index is 853. The van der Waals surface area contributed by atoms with E-state index in [-0.39, 0.29) is 30.3 Å². The monoisotopic (exact) mass is 384 g/mol. The maximum absolute atomic E-state index is 12.3. The van der Waals surface area contributed by atoms with Crippen molar-refractivity contribution in [2.75, 3.05) is 13.1 Å². The zero-order valence-electron chi connectivity index (χ0n) is 15.3. The topological polar surface area (TPSA) is 99.0 Å². The lowest BCUT2D eigenvalue weighted by Gasteiger charge is -2.17. The first-order chi connectivity index (χ1) is 13.4. The van der Waals surface area contributed by atoms with Crippen LogP contribution in [0.1, 0.15) is 22.8 Å². The fourth-order valence-electron chi connectivity index (χ4n) is 2.97. The van der Waals surface area contributed by atoms with Gasteiger partial charge in [0.25, 0.3) is 5.69 Å². The molecule has 1 saturated heterocycles. The number of hydrogen-bond acceptors (Lipinski definition) is 6. The number of nitro groups is 1. The van der Waals surface area contributed by atoms with E-state index in [1.807, 2.05) is 37.3 Å². The van der Waals surface area contributed by atoms with Crippen molar-refractivity contribution >= 4 is 17.7 Å². The molecular weight excluding hydrogens is 364 g/mol. The molecule has 0 saturated carbocycles. The molecule has 8 nitrogen and oxygen atoms in total. The fraction of sp³-hybridized carbons (Fsp3) is 0.300. The molecule has 1 heterocycles. The molecule has 0 bridgehead atoms. The first-order valence-corrected chi connectivity index (χ1v) is 8.85. The van der Waals surface area contributed by atoms with E-state index >= 15 is 0 Å². The molecule has 1 amide bonds. The fourth-order valence-corrected chi connectivity index (χ4v) is 2.97. The molecule has 0 spiro atoms. The van der Waals surface area contributed by atoms with Gasteiger partial charge in [-0.15, -0.1) is 0 Å². The molecule has 0 radical (unpaired) electrons. The molecule has 0 aliphatic carbocycles. The van der Waals surface area contributed by atoms with Crippen LogP contribution >= 0.6 is 0 Å². The first-order valence-electron chi connectivity index (χ1n) is 8.85. The van der Waals surface area contributed by atoms with Crippen molar-refractivity contribution < 1.29 is 24.0 Å². The summed E-state index contributed by atoms with van der Waals surface area (Å²) in [5.41, 5.74) is 1.02. The largest absolute Gasteiger partial charge is 0.457 e. The quantitative estimate of drug-likeness (QED) is 0.445. The smallest absolute Gasteiger partial charge is 0.410 e. The molecule has 2 atom stereocenters. The number of carbonyl (C=O) groups is 2. The minimum Gasteiger partial charge on any atom is -0.457 e. The Morgan fingerprint density at radius 2 is 1.79 bits per heavy atom. The van der Waals surface area contributed by atoms with Crippen molar-refractivity contribution in [3.8, 4) is 0 Å². The summed E-state index contributed by atoms with van der Waals surface area (Å²) in [5.74, 6) is -0.627. The predicted molar refractivity (Wildman–Crippen MR) is 99.7 cm³/mol. The number of ether oxygens (including phenoxy) is 2. The minimum atomic E-state index is -0.578. The van der Waals surface area contributed by atoms with E-state index in [0.717, 1.165) is 5.56 Å². The second-order valence-electron chi connectivity index (χ2n) is 6.67. The number of non-ortho nitro benzene ring substituents is 1. The summed E-state index contributed by atoms with van der Waals surface area (Å²) in [6.45, 7) is 2.73. The summed E-state index contributed by atoms with van der Waals surface area (Å²) in [6, 6.07) is 14.6. The summed E-state index contributed by atoms with van der Waals surface area (Å²) in [6.07, 6.45) is -0.920. The van der Waals surface area contributed by atoms with Gasteiger partial charge in [-0.3, -0.25) is 10.1 Å². The molecule has 2 aromatic rings. The standard InChI is InChI=1S/C20H20N2O6/c1-14-11-21(20(24)27-13-15-5-3-2-4-6-15)12-18(14)28-19(23)16-7-9-17(10-8-16)22(25)26/h2-10,14,18H,11-13H2,1H3/t14-,18+/m0/s1. The van der Waals surface area contributed by atoms with Crippen LogP contribution in [0.4, 0.5) is 10.5 Å². The Balaban J connectivity index is 1.53. The number of amides is 1. The van der Waals surface area contributed by atoms with Gasteiger partial charge in [0.1, 0.15) is 12.7 Å². The third-order valence-electron chi connectivity index (χ3n) is 4.58. The van der Waals surface area contributed by atoms with Crippen LogP contribution in [-0.2, 0) is 16.1 Å². The third kappa shape index (κ3) is 4.64. The molecular formula is C20H20N2O6. The summed E-state index contributed by atoms with van der Waals surface area (Å²) in [7, 11) is 0. The van der Waals surface area contributed by atoms with E-state index < -0.39 is 23.1 Å². The van der Waals surface area contributed by atoms with E-state index in [2.05, 4.69) is 0 Å². The van der Waals surface area contributed by atoms with E-state index in [9.17, 15) is 19.7 Å². The van der Waals surface area contributed by atoms with E-state index in [0.29, 0.717) is 6.54 Å². The van der Waals surface area contributed by atoms with Gasteiger partial charge in [0, 0.05) is 24.6 Å². The average molecular weight is 384 g/mol. The van der Waals surface area contributed by atoms with Gasteiger partial charge in [-0.2, -0.15) is 0 Å². The molecule has 28 heavy (non-hydrogen) atoms. The van der Waals surface area contributed by atoms with Crippen molar-refractivity contribution in [1.29, 1.82) is 0 Å². The zero-order valence-corrected chi connectivity index (χ0v) is 15.3. The van der Waals surface area contributed by atoms with Crippen molar-refractivity contribution in [1.82, 2.24) is 4.90 Å². The number of nitro benzene ring substituents is 1. The second kappa shape index (κ2) is 8.51. The number of benzene rings is 2. The highest BCUT2D eigenvalue weighted by atomic mass is 16.6. The predicted octanol–water partition coefficient (Wildman–Crippen LogP) is 3.41. The van der Waals surface area contributed by atoms with Crippen LogP contribution in [0.5, 0.6) is 0 Å². The summed E-state index contributed by atoms with van der Waals surface area (Å²) < 4.78 is 10.8. The van der Waals surface area contributed by atoms with Crippen LogP contribution < -0.4 is 0 Å². The molecule has 1 fully saturated rings. The maximum atomic E-state index is 12.3.